The van der Waals surface area contributed by atoms with Crippen LogP contribution in [0.4, 0.5) is 0 Å². The van der Waals surface area contributed by atoms with Crippen LogP contribution in [0.1, 0.15) is 287 Å². The first-order chi connectivity index (χ1) is 41.0. The molecule has 6 aromatic carbocycles. The SMILES string of the molecule is CCCCCCCCc1cc(-c2cc(C(C)C)cc(C(C)(C)C)c2)c(O)c(-c2cc(C(C)(C)C)ccc2[OH+][CH2][Ge]([CH2][OH+]c2ccc(C(C)(C)C)cc2-c2cc(CCCCCCCC)cc(-c3cc(C(C)(C)C)cc(C(C)(C)C)c3)c2O)([CH](C)C)[CH](C)C)c1.[CH3-].[CH3-].[Zr]. The van der Waals surface area contributed by atoms with E-state index in [4.69, 9.17) is 9.47 Å². The van der Waals surface area contributed by atoms with Crippen LogP contribution in [0.25, 0.3) is 44.5 Å². The van der Waals surface area contributed by atoms with Gasteiger partial charge >= 0.3 is 505 Å². The molecule has 4 N–H and O–H groups in total. The Balaban J connectivity index is 0.00000721. The Kier molecular flexibility index (Phi) is 30.4. The number of unbranched alkanes of at least 4 members (excludes halogenated alkanes) is 10. The van der Waals surface area contributed by atoms with E-state index in [0.717, 1.165) is 92.6 Å². The quantitative estimate of drug-likeness (QED) is 0.0234. The predicted molar refractivity (Wildman–Crippen MR) is 402 cm³/mol. The van der Waals surface area contributed by atoms with Crippen molar-refractivity contribution >= 4 is 13.3 Å². The Morgan fingerprint density at radius 2 is 0.681 bits per heavy atom. The number of hydrogen-bond acceptors (Lipinski definition) is 2. The Morgan fingerprint density at radius 3 is 1.01 bits per heavy atom. The molecular formula is C85H130GeO4Zr. The molecule has 0 aliphatic carbocycles. The molecule has 0 radical (unpaired) electrons. The fraction of sp³-hybridized carbons (Fsp3) is 0.553. The maximum atomic E-state index is 13.1. The van der Waals surface area contributed by atoms with Crippen molar-refractivity contribution in [3.05, 3.63) is 156 Å². The number of ether oxygens (including phenoxy) is 2. The molecule has 502 valence electrons. The van der Waals surface area contributed by atoms with E-state index in [-0.39, 0.29) is 68.1 Å². The maximum absolute atomic E-state index is 13.1. The summed E-state index contributed by atoms with van der Waals surface area (Å²) in [6.07, 6.45) is 16.7. The molecule has 0 aliphatic rings. The molecule has 0 atom stereocenters. The van der Waals surface area contributed by atoms with Crippen molar-refractivity contribution in [3.8, 4) is 67.5 Å². The third-order valence-electron chi connectivity index (χ3n) is 19.4. The van der Waals surface area contributed by atoms with Crippen LogP contribution < -0.4 is 0 Å². The molecule has 91 heavy (non-hydrogen) atoms. The van der Waals surface area contributed by atoms with E-state index in [1.165, 1.54) is 109 Å². The van der Waals surface area contributed by atoms with Gasteiger partial charge in [-0.15, -0.1) is 0 Å². The first kappa shape index (κ1) is 81.2. The number of aliphatic hydroxyl groups is 2. The van der Waals surface area contributed by atoms with E-state index in [2.05, 4.69) is 256 Å². The Bertz CT molecular complexity index is 3210. The van der Waals surface area contributed by atoms with Crippen molar-refractivity contribution in [2.45, 2.75) is 292 Å². The van der Waals surface area contributed by atoms with E-state index in [1.54, 1.807) is 0 Å². The van der Waals surface area contributed by atoms with Crippen LogP contribution in [0.5, 0.6) is 23.0 Å². The smallest absolute Gasteiger partial charge is 0 e. The summed E-state index contributed by atoms with van der Waals surface area (Å²) in [6.45, 7) is 53.2. The number of aromatic hydroxyl groups is 4. The first-order valence-electron chi connectivity index (χ1n) is 34.7. The molecule has 0 fully saturated rings. The van der Waals surface area contributed by atoms with Crippen LogP contribution in [0.3, 0.4) is 0 Å². The molecule has 4 nitrogen and oxygen atoms in total. The van der Waals surface area contributed by atoms with E-state index in [1.807, 2.05) is 0 Å². The molecule has 0 bridgehead atoms. The molecule has 0 spiro atoms. The van der Waals surface area contributed by atoms with Gasteiger partial charge in [0.05, 0.1) is 0 Å². The summed E-state index contributed by atoms with van der Waals surface area (Å²) in [7, 11) is 0. The number of rotatable bonds is 27. The number of hydrogen-bond donors (Lipinski definition) is 2. The molecule has 6 aromatic rings. The third kappa shape index (κ3) is 21.5. The third-order valence-corrected chi connectivity index (χ3v) is 32.2. The average Bonchev–Trinajstić information content (AvgIpc) is 0.990. The van der Waals surface area contributed by atoms with Crippen molar-refractivity contribution in [1.82, 2.24) is 0 Å². The van der Waals surface area contributed by atoms with Crippen LogP contribution in [-0.4, -0.2) is 43.8 Å². The second-order valence-electron chi connectivity index (χ2n) is 32.8. The van der Waals surface area contributed by atoms with Gasteiger partial charge in [-0.1, -0.05) is 39.5 Å². The second kappa shape index (κ2) is 34.1. The van der Waals surface area contributed by atoms with Gasteiger partial charge < -0.3 is 14.9 Å². The van der Waals surface area contributed by atoms with E-state index in [9.17, 15) is 10.2 Å². The van der Waals surface area contributed by atoms with Gasteiger partial charge in [-0.3, -0.25) is 0 Å². The van der Waals surface area contributed by atoms with Crippen LogP contribution in [0.15, 0.2) is 97.1 Å². The van der Waals surface area contributed by atoms with Crippen molar-refractivity contribution in [2.75, 3.05) is 10.9 Å². The molecule has 0 heterocycles. The van der Waals surface area contributed by atoms with Crippen molar-refractivity contribution < 1.29 is 45.9 Å². The zero-order valence-electron chi connectivity index (χ0n) is 62.6. The zero-order valence-corrected chi connectivity index (χ0v) is 67.1. The van der Waals surface area contributed by atoms with E-state index < -0.39 is 13.3 Å². The summed E-state index contributed by atoms with van der Waals surface area (Å²) in [5.74, 6) is 2.87. The van der Waals surface area contributed by atoms with Gasteiger partial charge in [-0.25, -0.2) is 0 Å². The van der Waals surface area contributed by atoms with Crippen LogP contribution >= 0.6 is 0 Å². The number of phenolic OH excluding ortho intramolecular Hbond substituents is 2. The standard InChI is InChI=1S/C83H122GeO4.2CH3.Zr/c1-24-26-28-30-32-34-36-59-42-69(62-46-61(56(3)4)47-66(48-62)81(15,16)17)77(85)73(44-59)71-52-64(79(9,10)11)38-40-75(71)87-54-84(57(5)6,58(7)8)55-88-76-41-39-65(80(12,13)14)53-72(76)74-45-60(37-35-33-31-29-27-25-2)43-70(78(74)86)63-49-67(82(18,19)20)51-68(50-63)83(21,22)23;;;/h38-53,56-58,85-86H,24-37,54-55H2,1-23H3;2*1H3;/q;2*-1;/p+2. The van der Waals surface area contributed by atoms with Crippen LogP contribution in [-0.2, 0) is 66.1 Å². The number of benzene rings is 6. The van der Waals surface area contributed by atoms with Crippen LogP contribution in [0.2, 0.25) is 9.50 Å². The monoisotopic (exact) mass is 1380 g/mol. The molecule has 0 saturated heterocycles. The number of phenols is 2. The summed E-state index contributed by atoms with van der Waals surface area (Å²) in [6, 6.07) is 37.0. The van der Waals surface area contributed by atoms with Crippen molar-refractivity contribution in [1.29, 1.82) is 0 Å². The average molecular weight is 1380 g/mol. The molecule has 6 rings (SSSR count). The fourth-order valence-electron chi connectivity index (χ4n) is 12.6. The Labute approximate surface area is 581 Å². The molecule has 0 unspecified atom stereocenters. The topological polar surface area (TPSA) is 66.1 Å². The minimum atomic E-state index is -3.19. The van der Waals surface area contributed by atoms with Gasteiger partial charge in [0, 0.05) is 26.2 Å². The Hall–Kier alpha value is -4.05. The van der Waals surface area contributed by atoms with Crippen molar-refractivity contribution in [3.63, 3.8) is 0 Å². The molecule has 6 heteroatoms. The second-order valence-corrected chi connectivity index (χ2v) is 44.1. The summed E-state index contributed by atoms with van der Waals surface area (Å²) in [4.78, 5) is 0. The normalized spacial score (nSPS) is 12.5. The van der Waals surface area contributed by atoms with Gasteiger partial charge in [0.2, 0.25) is 0 Å². The minimum absolute atomic E-state index is 0. The minimum Gasteiger partial charge on any atom is -0.358 e. The first-order valence-corrected chi connectivity index (χ1v) is 40.1. The summed E-state index contributed by atoms with van der Waals surface area (Å²) >= 11 is -3.19. The molecule has 0 aliphatic heterocycles. The fourth-order valence-corrected chi connectivity index (χ4v) is 20.6. The maximum Gasteiger partial charge on any atom is 0 e. The molecule has 0 saturated carbocycles. The van der Waals surface area contributed by atoms with E-state index >= 15 is 0 Å². The molecular weight excluding hydrogens is 1250 g/mol. The van der Waals surface area contributed by atoms with Gasteiger partial charge in [0.1, 0.15) is 0 Å². The van der Waals surface area contributed by atoms with Gasteiger partial charge in [0.15, 0.2) is 0 Å². The van der Waals surface area contributed by atoms with Gasteiger partial charge in [-0.05, 0) is 0 Å². The van der Waals surface area contributed by atoms with Gasteiger partial charge in [0.25, 0.3) is 0 Å². The predicted octanol–water partition coefficient (Wildman–Crippen LogP) is 25.6. The largest absolute Gasteiger partial charge is 0.358 e. The van der Waals surface area contributed by atoms with Gasteiger partial charge in [-0.2, -0.15) is 0 Å². The summed E-state index contributed by atoms with van der Waals surface area (Å²) in [5.41, 5.74) is 18.8. The number of aryl methyl sites for hydroxylation is 2. The zero-order chi connectivity index (χ0) is 65.3. The van der Waals surface area contributed by atoms with E-state index in [0.29, 0.717) is 26.9 Å². The molecule has 0 aromatic heterocycles. The van der Waals surface area contributed by atoms with Crippen molar-refractivity contribution in [2.24, 2.45) is 0 Å². The molecule has 0 amide bonds. The Morgan fingerprint density at radius 1 is 0.363 bits per heavy atom. The summed E-state index contributed by atoms with van der Waals surface area (Å²) in [5, 5.41) is 26.2. The van der Waals surface area contributed by atoms with Crippen LogP contribution in [0, 0.1) is 14.9 Å². The summed E-state index contributed by atoms with van der Waals surface area (Å²) < 4.78 is 12.5.